The number of sulfonamides is 1. The molecule has 0 aromatic heterocycles. The van der Waals surface area contributed by atoms with E-state index in [0.29, 0.717) is 23.8 Å². The molecule has 7 heteroatoms. The first-order valence-electron chi connectivity index (χ1n) is 7.17. The Balaban J connectivity index is 1.77. The second-order valence-corrected chi connectivity index (χ2v) is 7.54. The summed E-state index contributed by atoms with van der Waals surface area (Å²) in [7, 11) is -3.60. The lowest BCUT2D eigenvalue weighted by molar-refractivity contribution is 0.254. The predicted octanol–water partition coefficient (Wildman–Crippen LogP) is 2.89. The average molecular weight is 354 g/mol. The number of phenols is 1. The van der Waals surface area contributed by atoms with Gasteiger partial charge in [0.15, 0.2) is 11.5 Å². The van der Waals surface area contributed by atoms with Crippen molar-refractivity contribution in [2.45, 2.75) is 17.2 Å². The summed E-state index contributed by atoms with van der Waals surface area (Å²) in [4.78, 5) is 0.171. The smallest absolute Gasteiger partial charge is 0.240 e. The summed E-state index contributed by atoms with van der Waals surface area (Å²) >= 11 is 5.78. The van der Waals surface area contributed by atoms with Gasteiger partial charge in [-0.3, -0.25) is 0 Å². The Morgan fingerprint density at radius 1 is 1.22 bits per heavy atom. The Bertz CT molecular complexity index is 805. The summed E-state index contributed by atoms with van der Waals surface area (Å²) < 4.78 is 32.7. The molecule has 1 unspecified atom stereocenters. The minimum Gasteiger partial charge on any atom is -0.504 e. The van der Waals surface area contributed by atoms with Gasteiger partial charge in [0.2, 0.25) is 10.0 Å². The highest BCUT2D eigenvalue weighted by Gasteiger charge is 2.25. The van der Waals surface area contributed by atoms with Crippen LogP contribution in [0.4, 0.5) is 0 Å². The molecule has 0 fully saturated rings. The molecule has 0 aliphatic carbocycles. The number of fused-ring (bicyclic) bond motifs is 1. The zero-order valence-electron chi connectivity index (χ0n) is 12.2. The number of benzene rings is 2. The lowest BCUT2D eigenvalue weighted by Gasteiger charge is -2.26. The summed E-state index contributed by atoms with van der Waals surface area (Å²) in [6, 6.07) is 11.1. The Hall–Kier alpha value is -1.76. The molecule has 0 bridgehead atoms. The van der Waals surface area contributed by atoms with Gasteiger partial charge < -0.3 is 9.84 Å². The fourth-order valence-corrected chi connectivity index (χ4v) is 3.81. The van der Waals surface area contributed by atoms with E-state index in [0.717, 1.165) is 5.56 Å². The van der Waals surface area contributed by atoms with Gasteiger partial charge in [0, 0.05) is 23.0 Å². The van der Waals surface area contributed by atoms with Gasteiger partial charge in [-0.25, -0.2) is 13.1 Å². The number of rotatable bonds is 4. The molecule has 0 amide bonds. The number of para-hydroxylation sites is 1. The molecule has 1 heterocycles. The van der Waals surface area contributed by atoms with Crippen molar-refractivity contribution in [1.82, 2.24) is 4.72 Å². The molecule has 2 N–H and O–H groups in total. The molecule has 2 aromatic rings. The van der Waals surface area contributed by atoms with Crippen LogP contribution in [0.1, 0.15) is 17.9 Å². The van der Waals surface area contributed by atoms with Gasteiger partial charge in [-0.2, -0.15) is 0 Å². The van der Waals surface area contributed by atoms with E-state index in [4.69, 9.17) is 16.3 Å². The third kappa shape index (κ3) is 3.44. The molecule has 23 heavy (non-hydrogen) atoms. The normalized spacial score (nSPS) is 17.3. The van der Waals surface area contributed by atoms with E-state index < -0.39 is 10.0 Å². The SMILES string of the molecule is O=S(=O)(NCC1CCOc2c(O)cccc21)c1ccc(Cl)cc1. The molecule has 1 atom stereocenters. The van der Waals surface area contributed by atoms with Crippen molar-refractivity contribution in [2.75, 3.05) is 13.2 Å². The van der Waals surface area contributed by atoms with Crippen LogP contribution in [0.15, 0.2) is 47.4 Å². The minimum atomic E-state index is -3.60. The molecular weight excluding hydrogens is 338 g/mol. The van der Waals surface area contributed by atoms with Crippen molar-refractivity contribution in [1.29, 1.82) is 0 Å². The van der Waals surface area contributed by atoms with Gasteiger partial charge in [-0.1, -0.05) is 23.7 Å². The monoisotopic (exact) mass is 353 g/mol. The highest BCUT2D eigenvalue weighted by molar-refractivity contribution is 7.89. The van der Waals surface area contributed by atoms with Gasteiger partial charge in [0.05, 0.1) is 11.5 Å². The Kier molecular flexibility index (Phi) is 4.48. The zero-order valence-corrected chi connectivity index (χ0v) is 13.8. The predicted molar refractivity (Wildman–Crippen MR) is 87.6 cm³/mol. The van der Waals surface area contributed by atoms with Crippen LogP contribution in [0.3, 0.4) is 0 Å². The molecule has 0 radical (unpaired) electrons. The Labute approximate surface area is 139 Å². The van der Waals surface area contributed by atoms with E-state index in [9.17, 15) is 13.5 Å². The lowest BCUT2D eigenvalue weighted by Crippen LogP contribution is -2.30. The Morgan fingerprint density at radius 2 is 1.96 bits per heavy atom. The number of hydrogen-bond acceptors (Lipinski definition) is 4. The third-order valence-electron chi connectivity index (χ3n) is 3.82. The summed E-state index contributed by atoms with van der Waals surface area (Å²) in [5.74, 6) is 0.468. The Morgan fingerprint density at radius 3 is 2.70 bits per heavy atom. The van der Waals surface area contributed by atoms with E-state index in [2.05, 4.69) is 4.72 Å². The molecule has 0 spiro atoms. The van der Waals surface area contributed by atoms with Crippen molar-refractivity contribution in [3.63, 3.8) is 0 Å². The first kappa shape index (κ1) is 16.1. The number of aromatic hydroxyl groups is 1. The fourth-order valence-electron chi connectivity index (χ4n) is 2.60. The maximum atomic E-state index is 12.3. The van der Waals surface area contributed by atoms with Gasteiger partial charge >= 0.3 is 0 Å². The van der Waals surface area contributed by atoms with Crippen LogP contribution in [-0.4, -0.2) is 26.7 Å². The minimum absolute atomic E-state index is 0.0482. The molecule has 3 rings (SSSR count). The number of ether oxygens (including phenoxy) is 1. The number of hydrogen-bond donors (Lipinski definition) is 2. The van der Waals surface area contributed by atoms with E-state index in [-0.39, 0.29) is 23.1 Å². The van der Waals surface area contributed by atoms with Crippen molar-refractivity contribution in [2.24, 2.45) is 0 Å². The van der Waals surface area contributed by atoms with Crippen LogP contribution >= 0.6 is 11.6 Å². The number of nitrogens with one attached hydrogen (secondary N) is 1. The molecule has 122 valence electrons. The number of phenolic OH excluding ortho intramolecular Hbond substituents is 1. The first-order chi connectivity index (χ1) is 11.0. The van der Waals surface area contributed by atoms with Crippen molar-refractivity contribution in [3.05, 3.63) is 53.1 Å². The molecule has 0 saturated carbocycles. The zero-order chi connectivity index (χ0) is 16.4. The average Bonchev–Trinajstić information content (AvgIpc) is 2.54. The maximum absolute atomic E-state index is 12.3. The second kappa shape index (κ2) is 6.39. The molecule has 1 aliphatic rings. The summed E-state index contributed by atoms with van der Waals surface area (Å²) in [6.45, 7) is 0.683. The summed E-state index contributed by atoms with van der Waals surface area (Å²) in [5.41, 5.74) is 0.815. The number of halogens is 1. The quantitative estimate of drug-likeness (QED) is 0.886. The van der Waals surface area contributed by atoms with Crippen LogP contribution in [0.5, 0.6) is 11.5 Å². The highest BCUT2D eigenvalue weighted by atomic mass is 35.5. The standard InChI is InChI=1S/C16H16ClNO4S/c17-12-4-6-13(7-5-12)23(20,21)18-10-11-8-9-22-16-14(11)2-1-3-15(16)19/h1-7,11,18-19H,8-10H2. The van der Waals surface area contributed by atoms with Crippen LogP contribution in [0.25, 0.3) is 0 Å². The molecular formula is C16H16ClNO4S. The van der Waals surface area contributed by atoms with Crippen LogP contribution < -0.4 is 9.46 Å². The molecule has 0 saturated heterocycles. The molecule has 5 nitrogen and oxygen atoms in total. The largest absolute Gasteiger partial charge is 0.504 e. The first-order valence-corrected chi connectivity index (χ1v) is 9.03. The molecule has 1 aliphatic heterocycles. The van der Waals surface area contributed by atoms with Crippen molar-refractivity contribution < 1.29 is 18.3 Å². The van der Waals surface area contributed by atoms with Gasteiger partial charge in [0.1, 0.15) is 0 Å². The van der Waals surface area contributed by atoms with E-state index >= 15 is 0 Å². The van der Waals surface area contributed by atoms with Gasteiger partial charge in [-0.15, -0.1) is 0 Å². The summed E-state index contributed by atoms with van der Waals surface area (Å²) in [6.07, 6.45) is 0.680. The van der Waals surface area contributed by atoms with E-state index in [1.165, 1.54) is 24.3 Å². The van der Waals surface area contributed by atoms with Gasteiger partial charge in [0.25, 0.3) is 0 Å². The van der Waals surface area contributed by atoms with Crippen molar-refractivity contribution >= 4 is 21.6 Å². The van der Waals surface area contributed by atoms with Crippen LogP contribution in [0, 0.1) is 0 Å². The van der Waals surface area contributed by atoms with Crippen LogP contribution in [-0.2, 0) is 10.0 Å². The fraction of sp³-hybridized carbons (Fsp3) is 0.250. The highest BCUT2D eigenvalue weighted by Crippen LogP contribution is 2.39. The second-order valence-electron chi connectivity index (χ2n) is 5.34. The maximum Gasteiger partial charge on any atom is 0.240 e. The van der Waals surface area contributed by atoms with E-state index in [1.54, 1.807) is 12.1 Å². The topological polar surface area (TPSA) is 75.6 Å². The van der Waals surface area contributed by atoms with Crippen molar-refractivity contribution in [3.8, 4) is 11.5 Å². The van der Waals surface area contributed by atoms with Gasteiger partial charge in [-0.05, 0) is 36.8 Å². The lowest BCUT2D eigenvalue weighted by atomic mass is 9.93. The third-order valence-corrected chi connectivity index (χ3v) is 5.51. The van der Waals surface area contributed by atoms with Crippen LogP contribution in [0.2, 0.25) is 5.02 Å². The van der Waals surface area contributed by atoms with E-state index in [1.807, 2.05) is 6.07 Å². The summed E-state index contributed by atoms with van der Waals surface area (Å²) in [5, 5.41) is 10.3. The molecule has 2 aromatic carbocycles.